The van der Waals surface area contributed by atoms with Crippen molar-refractivity contribution in [3.05, 3.63) is 35.2 Å². The fourth-order valence-electron chi connectivity index (χ4n) is 2.21. The molecule has 1 saturated heterocycles. The highest BCUT2D eigenvalue weighted by atomic mass is 35.5. The van der Waals surface area contributed by atoms with Crippen molar-refractivity contribution in [3.8, 4) is 0 Å². The van der Waals surface area contributed by atoms with Crippen molar-refractivity contribution in [2.24, 2.45) is 7.05 Å². The van der Waals surface area contributed by atoms with Crippen LogP contribution < -0.4 is 16.2 Å². The Hall–Kier alpha value is -1.61. The van der Waals surface area contributed by atoms with E-state index in [9.17, 15) is 4.79 Å². The van der Waals surface area contributed by atoms with Crippen molar-refractivity contribution < 1.29 is 4.79 Å². The fourth-order valence-corrected chi connectivity index (χ4v) is 3.25. The summed E-state index contributed by atoms with van der Waals surface area (Å²) in [6.07, 6.45) is 5.81. The Kier molecular flexibility index (Phi) is 4.86. The lowest BCUT2D eigenvalue weighted by Gasteiger charge is -2.12. The molecule has 1 aliphatic heterocycles. The highest BCUT2D eigenvalue weighted by molar-refractivity contribution is 7.99. The minimum Gasteiger partial charge on any atom is -0.335 e. The molecule has 0 aliphatic carbocycles. The standard InChI is InChI=1S/C14H17ClN6OS/c1-8-5-11(20-19-8)18-12(22)9-6-10(15)13(17-7-9)23-14-16-3-4-21(14)2/h3-4,6-8,11,19-20H,5H2,1-2H3,(H,18,22). The number of carbonyl (C=O) groups excluding carboxylic acids is 1. The lowest BCUT2D eigenvalue weighted by atomic mass is 10.2. The molecular weight excluding hydrogens is 336 g/mol. The summed E-state index contributed by atoms with van der Waals surface area (Å²) in [7, 11) is 1.90. The summed E-state index contributed by atoms with van der Waals surface area (Å²) in [6, 6.07) is 1.94. The van der Waals surface area contributed by atoms with Crippen LogP contribution in [-0.4, -0.2) is 32.6 Å². The molecule has 0 saturated carbocycles. The van der Waals surface area contributed by atoms with Crippen molar-refractivity contribution in [3.63, 3.8) is 0 Å². The molecule has 2 aromatic rings. The maximum absolute atomic E-state index is 12.2. The molecule has 0 radical (unpaired) electrons. The third-order valence-electron chi connectivity index (χ3n) is 3.43. The van der Waals surface area contributed by atoms with Crippen LogP contribution in [0, 0.1) is 0 Å². The third-order valence-corrected chi connectivity index (χ3v) is 4.93. The molecule has 3 heterocycles. The maximum atomic E-state index is 12.2. The molecule has 1 aliphatic rings. The summed E-state index contributed by atoms with van der Waals surface area (Å²) in [5.41, 5.74) is 6.51. The number of carbonyl (C=O) groups is 1. The molecule has 2 unspecified atom stereocenters. The topological polar surface area (TPSA) is 83.9 Å². The normalized spacial score (nSPS) is 20.7. The molecule has 9 heteroatoms. The van der Waals surface area contributed by atoms with E-state index < -0.39 is 0 Å². The molecule has 2 aromatic heterocycles. The smallest absolute Gasteiger partial charge is 0.254 e. The Morgan fingerprint density at radius 1 is 1.48 bits per heavy atom. The molecule has 3 N–H and O–H groups in total. The zero-order valence-electron chi connectivity index (χ0n) is 12.7. The molecule has 0 aromatic carbocycles. The first-order valence-corrected chi connectivity index (χ1v) is 8.35. The second-order valence-electron chi connectivity index (χ2n) is 5.39. The number of hydrogen-bond acceptors (Lipinski definition) is 6. The molecule has 1 amide bonds. The Morgan fingerprint density at radius 3 is 2.91 bits per heavy atom. The molecule has 3 rings (SSSR count). The van der Waals surface area contributed by atoms with Crippen LogP contribution in [0.2, 0.25) is 5.02 Å². The van der Waals surface area contributed by atoms with E-state index in [2.05, 4.69) is 26.1 Å². The van der Waals surface area contributed by atoms with E-state index in [-0.39, 0.29) is 12.1 Å². The number of aryl methyl sites for hydroxylation is 1. The quantitative estimate of drug-likeness (QED) is 0.774. The average Bonchev–Trinajstić information content (AvgIpc) is 3.10. The van der Waals surface area contributed by atoms with E-state index in [0.717, 1.165) is 11.6 Å². The Morgan fingerprint density at radius 2 is 2.30 bits per heavy atom. The van der Waals surface area contributed by atoms with Gasteiger partial charge in [-0.2, -0.15) is 0 Å². The van der Waals surface area contributed by atoms with Gasteiger partial charge < -0.3 is 9.88 Å². The number of hydrogen-bond donors (Lipinski definition) is 3. The Balaban J connectivity index is 1.69. The molecule has 23 heavy (non-hydrogen) atoms. The maximum Gasteiger partial charge on any atom is 0.254 e. The summed E-state index contributed by atoms with van der Waals surface area (Å²) >= 11 is 7.61. The largest absolute Gasteiger partial charge is 0.335 e. The molecular formula is C14H17ClN6OS. The van der Waals surface area contributed by atoms with Gasteiger partial charge in [0.1, 0.15) is 5.03 Å². The SMILES string of the molecule is CC1CC(NC(=O)c2cnc(Sc3nccn3C)c(Cl)c2)NN1. The third kappa shape index (κ3) is 3.84. The van der Waals surface area contributed by atoms with Crippen molar-refractivity contribution in [1.29, 1.82) is 0 Å². The first-order valence-electron chi connectivity index (χ1n) is 7.15. The highest BCUT2D eigenvalue weighted by Crippen LogP contribution is 2.30. The zero-order valence-corrected chi connectivity index (χ0v) is 14.3. The van der Waals surface area contributed by atoms with Crippen LogP contribution in [0.4, 0.5) is 0 Å². The van der Waals surface area contributed by atoms with E-state index in [1.165, 1.54) is 18.0 Å². The van der Waals surface area contributed by atoms with Crippen LogP contribution in [0.1, 0.15) is 23.7 Å². The van der Waals surface area contributed by atoms with E-state index in [1.54, 1.807) is 12.3 Å². The van der Waals surface area contributed by atoms with Gasteiger partial charge in [-0.3, -0.25) is 10.2 Å². The Labute approximate surface area is 143 Å². The first kappa shape index (κ1) is 16.3. The number of pyridine rings is 1. The molecule has 0 spiro atoms. The van der Waals surface area contributed by atoms with Crippen LogP contribution in [0.15, 0.2) is 34.8 Å². The second-order valence-corrected chi connectivity index (χ2v) is 6.75. The Bertz CT molecular complexity index is 721. The van der Waals surface area contributed by atoms with Crippen LogP contribution in [0.25, 0.3) is 0 Å². The molecule has 7 nitrogen and oxygen atoms in total. The van der Waals surface area contributed by atoms with Crippen molar-refractivity contribution in [2.75, 3.05) is 0 Å². The molecule has 2 atom stereocenters. The van der Waals surface area contributed by atoms with Gasteiger partial charge in [-0.1, -0.05) is 11.6 Å². The minimum absolute atomic E-state index is 0.0992. The van der Waals surface area contributed by atoms with Crippen LogP contribution in [0.5, 0.6) is 0 Å². The van der Waals surface area contributed by atoms with E-state index in [1.807, 2.05) is 24.7 Å². The molecule has 0 bridgehead atoms. The monoisotopic (exact) mass is 352 g/mol. The van der Waals surface area contributed by atoms with Gasteiger partial charge in [-0.05, 0) is 31.2 Å². The minimum atomic E-state index is -0.207. The van der Waals surface area contributed by atoms with Gasteiger partial charge >= 0.3 is 0 Å². The van der Waals surface area contributed by atoms with Gasteiger partial charge in [-0.25, -0.2) is 15.4 Å². The number of halogens is 1. The number of aromatic nitrogens is 3. The van der Waals surface area contributed by atoms with E-state index >= 15 is 0 Å². The van der Waals surface area contributed by atoms with Crippen molar-refractivity contribution in [1.82, 2.24) is 30.7 Å². The molecule has 1 fully saturated rings. The first-order chi connectivity index (χ1) is 11.0. The summed E-state index contributed by atoms with van der Waals surface area (Å²) in [5, 5.41) is 4.72. The molecule has 122 valence electrons. The summed E-state index contributed by atoms with van der Waals surface area (Å²) in [5.74, 6) is -0.207. The predicted octanol–water partition coefficient (Wildman–Crippen LogP) is 1.56. The van der Waals surface area contributed by atoms with Gasteiger partial charge in [0, 0.05) is 31.7 Å². The van der Waals surface area contributed by atoms with Crippen LogP contribution in [-0.2, 0) is 7.05 Å². The number of amides is 1. The van der Waals surface area contributed by atoms with E-state index in [0.29, 0.717) is 21.7 Å². The van der Waals surface area contributed by atoms with Gasteiger partial charge in [0.2, 0.25) is 0 Å². The van der Waals surface area contributed by atoms with Gasteiger partial charge in [0.15, 0.2) is 5.16 Å². The predicted molar refractivity (Wildman–Crippen MR) is 88.2 cm³/mol. The number of rotatable bonds is 4. The summed E-state index contributed by atoms with van der Waals surface area (Å²) in [4.78, 5) is 20.7. The number of hydrazine groups is 1. The second kappa shape index (κ2) is 6.88. The van der Waals surface area contributed by atoms with Crippen LogP contribution in [0.3, 0.4) is 0 Å². The highest BCUT2D eigenvalue weighted by Gasteiger charge is 2.22. The fraction of sp³-hybridized carbons (Fsp3) is 0.357. The van der Waals surface area contributed by atoms with Crippen molar-refractivity contribution >= 4 is 29.3 Å². The zero-order chi connectivity index (χ0) is 16.4. The number of imidazole rings is 1. The summed E-state index contributed by atoms with van der Waals surface area (Å²) < 4.78 is 1.88. The lowest BCUT2D eigenvalue weighted by molar-refractivity contribution is 0.0932. The lowest BCUT2D eigenvalue weighted by Crippen LogP contribution is -2.44. The average molecular weight is 353 g/mol. The van der Waals surface area contributed by atoms with E-state index in [4.69, 9.17) is 11.6 Å². The van der Waals surface area contributed by atoms with Gasteiger partial charge in [-0.15, -0.1) is 0 Å². The number of nitrogens with one attached hydrogen (secondary N) is 3. The van der Waals surface area contributed by atoms with Gasteiger partial charge in [0.25, 0.3) is 5.91 Å². The van der Waals surface area contributed by atoms with Crippen molar-refractivity contribution in [2.45, 2.75) is 35.7 Å². The number of nitrogens with zero attached hydrogens (tertiary/aromatic N) is 3. The van der Waals surface area contributed by atoms with Gasteiger partial charge in [0.05, 0.1) is 16.8 Å². The van der Waals surface area contributed by atoms with Crippen LogP contribution >= 0.6 is 23.4 Å². The summed E-state index contributed by atoms with van der Waals surface area (Å²) in [6.45, 7) is 2.04.